The Bertz CT molecular complexity index is 661. The molecule has 0 saturated carbocycles. The number of anilines is 1. The second-order valence-electron chi connectivity index (χ2n) is 5.55. The maximum atomic E-state index is 9.77. The molecular weight excluding hydrogens is 294 g/mol. The van der Waals surface area contributed by atoms with Gasteiger partial charge in [0.25, 0.3) is 0 Å². The van der Waals surface area contributed by atoms with Crippen LogP contribution < -0.4 is 14.4 Å². The Labute approximate surface area is 135 Å². The van der Waals surface area contributed by atoms with Gasteiger partial charge in [0.1, 0.15) is 0 Å². The van der Waals surface area contributed by atoms with Crippen LogP contribution in [0.25, 0.3) is 11.1 Å². The highest BCUT2D eigenvalue weighted by atomic mass is 16.5. The van der Waals surface area contributed by atoms with Crippen molar-refractivity contribution in [2.45, 2.75) is 18.9 Å². The lowest BCUT2D eigenvalue weighted by molar-refractivity contribution is 0.153. The third-order valence-electron chi connectivity index (χ3n) is 4.03. The zero-order valence-corrected chi connectivity index (χ0v) is 13.4. The molecular formula is C17H21N3O3. The molecule has 1 aliphatic heterocycles. The van der Waals surface area contributed by atoms with Crippen molar-refractivity contribution < 1.29 is 14.6 Å². The molecule has 1 fully saturated rings. The molecule has 1 N–H and O–H groups in total. The van der Waals surface area contributed by atoms with Crippen LogP contribution in [-0.4, -0.2) is 48.5 Å². The van der Waals surface area contributed by atoms with Gasteiger partial charge in [-0.1, -0.05) is 12.1 Å². The van der Waals surface area contributed by atoms with Gasteiger partial charge in [0.15, 0.2) is 11.5 Å². The molecule has 0 spiro atoms. The van der Waals surface area contributed by atoms with E-state index in [9.17, 15) is 5.11 Å². The van der Waals surface area contributed by atoms with Crippen molar-refractivity contribution in [2.24, 2.45) is 0 Å². The molecule has 0 amide bonds. The zero-order chi connectivity index (χ0) is 16.2. The van der Waals surface area contributed by atoms with E-state index in [1.807, 2.05) is 23.1 Å². The standard InChI is InChI=1S/C17H21N3O3/c1-22-15-7-3-6-14(16(15)23-2)12-9-18-17(19-10-12)20-8-4-5-13(21)11-20/h3,6-7,9-10,13,21H,4-5,8,11H2,1-2H3. The van der Waals surface area contributed by atoms with Gasteiger partial charge >= 0.3 is 0 Å². The van der Waals surface area contributed by atoms with Gasteiger partial charge in [-0.05, 0) is 18.9 Å². The van der Waals surface area contributed by atoms with Crippen LogP contribution in [0.3, 0.4) is 0 Å². The Hall–Kier alpha value is -2.34. The van der Waals surface area contributed by atoms with E-state index in [-0.39, 0.29) is 6.10 Å². The van der Waals surface area contributed by atoms with Crippen LogP contribution in [-0.2, 0) is 0 Å². The third-order valence-corrected chi connectivity index (χ3v) is 4.03. The van der Waals surface area contributed by atoms with Crippen molar-refractivity contribution >= 4 is 5.95 Å². The van der Waals surface area contributed by atoms with Crippen LogP contribution in [0.1, 0.15) is 12.8 Å². The summed E-state index contributed by atoms with van der Waals surface area (Å²) in [6.07, 6.45) is 5.05. The van der Waals surface area contributed by atoms with Crippen molar-refractivity contribution in [3.8, 4) is 22.6 Å². The number of piperidine rings is 1. The number of aliphatic hydroxyl groups is 1. The maximum Gasteiger partial charge on any atom is 0.225 e. The van der Waals surface area contributed by atoms with E-state index < -0.39 is 0 Å². The van der Waals surface area contributed by atoms with Gasteiger partial charge in [-0.25, -0.2) is 9.97 Å². The molecule has 2 aromatic rings. The summed E-state index contributed by atoms with van der Waals surface area (Å²) < 4.78 is 10.8. The number of hydrogen-bond donors (Lipinski definition) is 1. The minimum Gasteiger partial charge on any atom is -0.493 e. The van der Waals surface area contributed by atoms with Crippen LogP contribution in [0, 0.1) is 0 Å². The molecule has 1 atom stereocenters. The number of aliphatic hydroxyl groups excluding tert-OH is 1. The van der Waals surface area contributed by atoms with E-state index in [1.54, 1.807) is 26.6 Å². The molecule has 0 radical (unpaired) electrons. The number of benzene rings is 1. The number of aromatic nitrogens is 2. The number of para-hydroxylation sites is 1. The summed E-state index contributed by atoms with van der Waals surface area (Å²) in [5.41, 5.74) is 1.75. The van der Waals surface area contributed by atoms with Crippen LogP contribution in [0.2, 0.25) is 0 Å². The first-order chi connectivity index (χ1) is 11.2. The van der Waals surface area contributed by atoms with Gasteiger partial charge < -0.3 is 19.5 Å². The Balaban J connectivity index is 1.88. The van der Waals surface area contributed by atoms with E-state index >= 15 is 0 Å². The van der Waals surface area contributed by atoms with Gasteiger partial charge in [-0.3, -0.25) is 0 Å². The smallest absolute Gasteiger partial charge is 0.225 e. The third kappa shape index (κ3) is 3.22. The summed E-state index contributed by atoms with van der Waals surface area (Å²) >= 11 is 0. The number of methoxy groups -OCH3 is 2. The first-order valence-corrected chi connectivity index (χ1v) is 7.69. The Morgan fingerprint density at radius 1 is 1.17 bits per heavy atom. The molecule has 6 nitrogen and oxygen atoms in total. The van der Waals surface area contributed by atoms with E-state index in [0.717, 1.165) is 30.5 Å². The molecule has 6 heteroatoms. The summed E-state index contributed by atoms with van der Waals surface area (Å²) in [6, 6.07) is 5.71. The first kappa shape index (κ1) is 15.6. The molecule has 1 aromatic carbocycles. The Morgan fingerprint density at radius 3 is 2.61 bits per heavy atom. The van der Waals surface area contributed by atoms with E-state index in [2.05, 4.69) is 9.97 Å². The highest BCUT2D eigenvalue weighted by molar-refractivity contribution is 5.73. The molecule has 1 aromatic heterocycles. The van der Waals surface area contributed by atoms with E-state index in [4.69, 9.17) is 9.47 Å². The summed E-state index contributed by atoms with van der Waals surface area (Å²) in [5.74, 6) is 1.99. The van der Waals surface area contributed by atoms with Gasteiger partial charge in [-0.15, -0.1) is 0 Å². The average Bonchev–Trinajstić information content (AvgIpc) is 2.61. The second-order valence-corrected chi connectivity index (χ2v) is 5.55. The SMILES string of the molecule is COc1cccc(-c2cnc(N3CCCC(O)C3)nc2)c1OC. The first-order valence-electron chi connectivity index (χ1n) is 7.69. The topological polar surface area (TPSA) is 67.7 Å². The molecule has 1 aliphatic rings. The fraction of sp³-hybridized carbons (Fsp3) is 0.412. The number of rotatable bonds is 4. The van der Waals surface area contributed by atoms with Crippen LogP contribution in [0.5, 0.6) is 11.5 Å². The molecule has 0 aliphatic carbocycles. The van der Waals surface area contributed by atoms with Gasteiger partial charge in [0.05, 0.1) is 20.3 Å². The molecule has 3 rings (SSSR count). The molecule has 1 saturated heterocycles. The fourth-order valence-corrected chi connectivity index (χ4v) is 2.87. The lowest BCUT2D eigenvalue weighted by Crippen LogP contribution is -2.39. The van der Waals surface area contributed by atoms with Crippen LogP contribution >= 0.6 is 0 Å². The lowest BCUT2D eigenvalue weighted by Gasteiger charge is -2.29. The molecule has 122 valence electrons. The molecule has 0 bridgehead atoms. The maximum absolute atomic E-state index is 9.77. The lowest BCUT2D eigenvalue weighted by atomic mass is 10.1. The van der Waals surface area contributed by atoms with Crippen molar-refractivity contribution in [1.29, 1.82) is 0 Å². The Morgan fingerprint density at radius 2 is 1.96 bits per heavy atom. The normalized spacial score (nSPS) is 17.9. The van der Waals surface area contributed by atoms with E-state index in [1.165, 1.54) is 0 Å². The summed E-state index contributed by atoms with van der Waals surface area (Å²) in [4.78, 5) is 10.9. The highest BCUT2D eigenvalue weighted by Crippen LogP contribution is 2.37. The van der Waals surface area contributed by atoms with Crippen molar-refractivity contribution in [3.63, 3.8) is 0 Å². The van der Waals surface area contributed by atoms with Crippen molar-refractivity contribution in [1.82, 2.24) is 9.97 Å². The molecule has 1 unspecified atom stereocenters. The number of nitrogens with zero attached hydrogens (tertiary/aromatic N) is 3. The number of hydrogen-bond acceptors (Lipinski definition) is 6. The average molecular weight is 315 g/mol. The zero-order valence-electron chi connectivity index (χ0n) is 13.4. The van der Waals surface area contributed by atoms with Crippen molar-refractivity contribution in [2.75, 3.05) is 32.2 Å². The summed E-state index contributed by atoms with van der Waals surface area (Å²) in [7, 11) is 3.23. The second kappa shape index (κ2) is 6.83. The van der Waals surface area contributed by atoms with Gasteiger partial charge in [-0.2, -0.15) is 0 Å². The van der Waals surface area contributed by atoms with Crippen LogP contribution in [0.4, 0.5) is 5.95 Å². The quantitative estimate of drug-likeness (QED) is 0.932. The highest BCUT2D eigenvalue weighted by Gasteiger charge is 2.20. The molecule has 2 heterocycles. The summed E-state index contributed by atoms with van der Waals surface area (Å²) in [6.45, 7) is 1.46. The largest absolute Gasteiger partial charge is 0.493 e. The van der Waals surface area contributed by atoms with Gasteiger partial charge in [0, 0.05) is 36.6 Å². The Kier molecular flexibility index (Phi) is 4.62. The predicted octanol–water partition coefficient (Wildman–Crippen LogP) is 2.12. The van der Waals surface area contributed by atoms with Crippen molar-refractivity contribution in [3.05, 3.63) is 30.6 Å². The summed E-state index contributed by atoms with van der Waals surface area (Å²) in [5, 5.41) is 9.77. The van der Waals surface area contributed by atoms with Gasteiger partial charge in [0.2, 0.25) is 5.95 Å². The predicted molar refractivity (Wildman–Crippen MR) is 88.0 cm³/mol. The minimum atomic E-state index is -0.300. The van der Waals surface area contributed by atoms with E-state index in [0.29, 0.717) is 24.0 Å². The number of ether oxygens (including phenoxy) is 2. The monoisotopic (exact) mass is 315 g/mol. The minimum absolute atomic E-state index is 0.300. The number of β-amino-alcohol motifs (C(OH)–C–C–N with tert-alkyl or cyclic N) is 1. The fourth-order valence-electron chi connectivity index (χ4n) is 2.87. The molecule has 23 heavy (non-hydrogen) atoms. The van der Waals surface area contributed by atoms with Crippen LogP contribution in [0.15, 0.2) is 30.6 Å².